The van der Waals surface area contributed by atoms with Crippen LogP contribution in [0.15, 0.2) is 16.6 Å². The van der Waals surface area contributed by atoms with E-state index in [1.807, 2.05) is 0 Å². The number of methoxy groups -OCH3 is 1. The molecule has 100 valence electrons. The minimum atomic E-state index is -0.347. The zero-order valence-corrected chi connectivity index (χ0v) is 12.3. The number of halogens is 2. The molecule has 0 aromatic heterocycles. The summed E-state index contributed by atoms with van der Waals surface area (Å²) in [6.45, 7) is 4.30. The first-order valence-corrected chi connectivity index (χ1v) is 6.69. The van der Waals surface area contributed by atoms with Gasteiger partial charge in [0.1, 0.15) is 5.82 Å². The molecular formula is C13H18BrFN2O. The summed E-state index contributed by atoms with van der Waals surface area (Å²) in [5.41, 5.74) is 7.05. The molecule has 0 heterocycles. The van der Waals surface area contributed by atoms with Gasteiger partial charge in [0.25, 0.3) is 0 Å². The monoisotopic (exact) mass is 316 g/mol. The maximum absolute atomic E-state index is 13.3. The van der Waals surface area contributed by atoms with Crippen LogP contribution in [0.25, 0.3) is 0 Å². The molecule has 2 rings (SSSR count). The Balaban J connectivity index is 2.14. The first kappa shape index (κ1) is 13.6. The van der Waals surface area contributed by atoms with E-state index in [0.717, 1.165) is 12.1 Å². The molecule has 0 radical (unpaired) electrons. The number of rotatable bonds is 3. The molecule has 2 unspecified atom stereocenters. The summed E-state index contributed by atoms with van der Waals surface area (Å²) in [4.78, 5) is 0. The molecule has 1 fully saturated rings. The molecule has 1 aliphatic rings. The highest BCUT2D eigenvalue weighted by atomic mass is 79.9. The van der Waals surface area contributed by atoms with Crippen LogP contribution in [0.4, 0.5) is 15.8 Å². The van der Waals surface area contributed by atoms with Crippen molar-refractivity contribution in [3.63, 3.8) is 0 Å². The van der Waals surface area contributed by atoms with Gasteiger partial charge in [0, 0.05) is 24.6 Å². The van der Waals surface area contributed by atoms with Gasteiger partial charge in [-0.1, -0.05) is 13.8 Å². The van der Waals surface area contributed by atoms with E-state index < -0.39 is 0 Å². The predicted octanol–water partition coefficient (Wildman–Crippen LogP) is 3.40. The van der Waals surface area contributed by atoms with Crippen LogP contribution < -0.4 is 11.1 Å². The summed E-state index contributed by atoms with van der Waals surface area (Å²) in [6, 6.07) is 3.29. The number of benzene rings is 1. The largest absolute Gasteiger partial charge is 0.397 e. The van der Waals surface area contributed by atoms with Gasteiger partial charge in [-0.25, -0.2) is 4.39 Å². The normalized spacial score (nSPS) is 25.6. The Kier molecular flexibility index (Phi) is 3.56. The van der Waals surface area contributed by atoms with Crippen LogP contribution in [0.2, 0.25) is 0 Å². The lowest BCUT2D eigenvalue weighted by Crippen LogP contribution is -2.57. The maximum Gasteiger partial charge on any atom is 0.139 e. The third kappa shape index (κ3) is 2.21. The highest BCUT2D eigenvalue weighted by molar-refractivity contribution is 9.10. The topological polar surface area (TPSA) is 47.3 Å². The van der Waals surface area contributed by atoms with Gasteiger partial charge in [0.2, 0.25) is 0 Å². The van der Waals surface area contributed by atoms with Gasteiger partial charge in [0.15, 0.2) is 0 Å². The van der Waals surface area contributed by atoms with Crippen molar-refractivity contribution in [1.82, 2.24) is 0 Å². The lowest BCUT2D eigenvalue weighted by Gasteiger charge is -2.51. The number of hydrogen-bond donors (Lipinski definition) is 2. The first-order valence-electron chi connectivity index (χ1n) is 5.90. The van der Waals surface area contributed by atoms with Crippen LogP contribution in [0.5, 0.6) is 0 Å². The lowest BCUT2D eigenvalue weighted by atomic mass is 9.64. The van der Waals surface area contributed by atoms with E-state index in [1.165, 1.54) is 6.07 Å². The Morgan fingerprint density at radius 1 is 1.50 bits per heavy atom. The molecule has 3 N–H and O–H groups in total. The summed E-state index contributed by atoms with van der Waals surface area (Å²) < 4.78 is 19.1. The fourth-order valence-corrected chi connectivity index (χ4v) is 2.75. The lowest BCUT2D eigenvalue weighted by molar-refractivity contribution is -0.0794. The predicted molar refractivity (Wildman–Crippen MR) is 75.1 cm³/mol. The molecule has 0 spiro atoms. The van der Waals surface area contributed by atoms with Gasteiger partial charge in [-0.3, -0.25) is 0 Å². The second kappa shape index (κ2) is 4.70. The molecule has 1 aliphatic carbocycles. The van der Waals surface area contributed by atoms with Crippen LogP contribution in [-0.2, 0) is 4.74 Å². The summed E-state index contributed by atoms with van der Waals surface area (Å²) in [6.07, 6.45) is 1.18. The molecule has 0 saturated heterocycles. The highest BCUT2D eigenvalue weighted by Gasteiger charge is 2.48. The highest BCUT2D eigenvalue weighted by Crippen LogP contribution is 2.44. The molecule has 0 aliphatic heterocycles. The number of nitrogens with two attached hydrogens (primary N) is 1. The average molecular weight is 317 g/mol. The van der Waals surface area contributed by atoms with Gasteiger partial charge in [-0.15, -0.1) is 0 Å². The van der Waals surface area contributed by atoms with E-state index in [9.17, 15) is 4.39 Å². The van der Waals surface area contributed by atoms with Crippen molar-refractivity contribution in [2.45, 2.75) is 32.4 Å². The summed E-state index contributed by atoms with van der Waals surface area (Å²) >= 11 is 3.17. The molecule has 2 atom stereocenters. The molecular weight excluding hydrogens is 299 g/mol. The standard InChI is InChI=1S/C13H18BrFN2O/c1-13(2)11(6-12(13)18-3)17-10-4-7(14)8(15)5-9(10)16/h4-5,11-12,17H,6,16H2,1-3H3. The van der Waals surface area contributed by atoms with Crippen molar-refractivity contribution < 1.29 is 9.13 Å². The Hall–Kier alpha value is -0.810. The third-order valence-electron chi connectivity index (χ3n) is 3.88. The summed E-state index contributed by atoms with van der Waals surface area (Å²) in [7, 11) is 1.73. The van der Waals surface area contributed by atoms with E-state index in [4.69, 9.17) is 10.5 Å². The van der Waals surface area contributed by atoms with Crippen molar-refractivity contribution in [1.29, 1.82) is 0 Å². The second-order valence-corrected chi connectivity index (χ2v) is 6.19. The zero-order valence-electron chi connectivity index (χ0n) is 10.8. The van der Waals surface area contributed by atoms with Crippen molar-refractivity contribution in [3.05, 3.63) is 22.4 Å². The molecule has 5 heteroatoms. The number of nitrogens with one attached hydrogen (secondary N) is 1. The Morgan fingerprint density at radius 3 is 2.72 bits per heavy atom. The number of nitrogen functional groups attached to an aromatic ring is 1. The number of hydrogen-bond acceptors (Lipinski definition) is 3. The molecule has 3 nitrogen and oxygen atoms in total. The number of ether oxygens (including phenoxy) is 1. The van der Waals surface area contributed by atoms with E-state index in [2.05, 4.69) is 35.1 Å². The van der Waals surface area contributed by atoms with Gasteiger partial charge in [-0.05, 0) is 28.4 Å². The molecule has 1 aromatic carbocycles. The minimum Gasteiger partial charge on any atom is -0.397 e. The smallest absolute Gasteiger partial charge is 0.139 e. The van der Waals surface area contributed by atoms with Crippen LogP contribution in [0.3, 0.4) is 0 Å². The van der Waals surface area contributed by atoms with E-state index in [-0.39, 0.29) is 23.4 Å². The van der Waals surface area contributed by atoms with Crippen molar-refractivity contribution in [3.8, 4) is 0 Å². The van der Waals surface area contributed by atoms with E-state index in [0.29, 0.717) is 10.2 Å². The second-order valence-electron chi connectivity index (χ2n) is 5.33. The summed E-state index contributed by atoms with van der Waals surface area (Å²) in [5.74, 6) is -0.347. The SMILES string of the molecule is COC1CC(Nc2cc(Br)c(F)cc2N)C1(C)C. The van der Waals surface area contributed by atoms with Crippen molar-refractivity contribution in [2.24, 2.45) is 5.41 Å². The fraction of sp³-hybridized carbons (Fsp3) is 0.538. The molecule has 1 saturated carbocycles. The van der Waals surface area contributed by atoms with Gasteiger partial charge in [-0.2, -0.15) is 0 Å². The van der Waals surface area contributed by atoms with Gasteiger partial charge < -0.3 is 15.8 Å². The maximum atomic E-state index is 13.3. The van der Waals surface area contributed by atoms with E-state index >= 15 is 0 Å². The van der Waals surface area contributed by atoms with Crippen LogP contribution in [0, 0.1) is 11.2 Å². The van der Waals surface area contributed by atoms with Crippen LogP contribution in [0.1, 0.15) is 20.3 Å². The Labute approximate surface area is 115 Å². The van der Waals surface area contributed by atoms with E-state index in [1.54, 1.807) is 13.2 Å². The van der Waals surface area contributed by atoms with Crippen LogP contribution >= 0.6 is 15.9 Å². The average Bonchev–Trinajstić information content (AvgIpc) is 2.30. The van der Waals surface area contributed by atoms with Crippen molar-refractivity contribution >= 4 is 27.3 Å². The third-order valence-corrected chi connectivity index (χ3v) is 4.49. The summed E-state index contributed by atoms with van der Waals surface area (Å²) in [5, 5.41) is 3.37. The van der Waals surface area contributed by atoms with Crippen molar-refractivity contribution in [2.75, 3.05) is 18.2 Å². The number of anilines is 2. The fourth-order valence-electron chi connectivity index (χ4n) is 2.41. The minimum absolute atomic E-state index is 0.0437. The molecule has 1 aromatic rings. The molecule has 0 bridgehead atoms. The van der Waals surface area contributed by atoms with Gasteiger partial charge >= 0.3 is 0 Å². The Bertz CT molecular complexity index is 465. The first-order chi connectivity index (χ1) is 8.36. The zero-order chi connectivity index (χ0) is 13.5. The quantitative estimate of drug-likeness (QED) is 0.840. The molecule has 18 heavy (non-hydrogen) atoms. The van der Waals surface area contributed by atoms with Crippen LogP contribution in [-0.4, -0.2) is 19.3 Å². The molecule has 0 amide bonds. The Morgan fingerprint density at radius 2 is 2.17 bits per heavy atom. The van der Waals surface area contributed by atoms with Gasteiger partial charge in [0.05, 0.1) is 22.0 Å².